The second kappa shape index (κ2) is 11.7. The molecule has 1 heterocycles. The van der Waals surface area contributed by atoms with Gasteiger partial charge in [-0.15, -0.1) is 0 Å². The van der Waals surface area contributed by atoms with Crippen LogP contribution >= 0.6 is 34.4 Å². The highest BCUT2D eigenvalue weighted by Gasteiger charge is 2.34. The first-order valence-corrected chi connectivity index (χ1v) is 12.2. The van der Waals surface area contributed by atoms with E-state index >= 15 is 0 Å². The van der Waals surface area contributed by atoms with Crippen LogP contribution in [0.2, 0.25) is 0 Å². The zero-order chi connectivity index (χ0) is 23.1. The van der Waals surface area contributed by atoms with E-state index in [1.54, 1.807) is 13.2 Å². The molecular formula is C24H26INO5S. The number of ether oxygens (including phenoxy) is 3. The first-order chi connectivity index (χ1) is 15.4. The normalized spacial score (nSPS) is 15.0. The number of aryl methyl sites for hydroxylation is 1. The van der Waals surface area contributed by atoms with Crippen LogP contribution < -0.4 is 9.47 Å². The van der Waals surface area contributed by atoms with Crippen molar-refractivity contribution in [2.45, 2.75) is 26.9 Å². The van der Waals surface area contributed by atoms with E-state index in [0.29, 0.717) is 49.2 Å². The molecule has 2 amide bonds. The number of rotatable bonds is 10. The average Bonchev–Trinajstić information content (AvgIpc) is 3.02. The van der Waals surface area contributed by atoms with Crippen LogP contribution in [0.15, 0.2) is 41.3 Å². The summed E-state index contributed by atoms with van der Waals surface area (Å²) in [7, 11) is 1.60. The molecule has 0 unspecified atom stereocenters. The van der Waals surface area contributed by atoms with Gasteiger partial charge in [-0.05, 0) is 84.0 Å². The van der Waals surface area contributed by atoms with Gasteiger partial charge in [-0.25, -0.2) is 0 Å². The molecule has 1 aliphatic heterocycles. The number of halogens is 1. The van der Waals surface area contributed by atoms with Crippen molar-refractivity contribution >= 4 is 51.6 Å². The van der Waals surface area contributed by atoms with Gasteiger partial charge >= 0.3 is 0 Å². The standard InChI is InChI=1S/C24H26INO5S/c1-4-30-20-13-18(14-21-23(27)26(24(28)32-21)10-5-11-29-3)12-19(25)22(20)31-15-17-8-6-16(2)7-9-17/h6-9,12-14H,4-5,10-11,15H2,1-3H3/b21-14+. The molecule has 3 rings (SSSR count). The Morgan fingerprint density at radius 1 is 1.12 bits per heavy atom. The zero-order valence-corrected chi connectivity index (χ0v) is 21.3. The minimum atomic E-state index is -0.274. The van der Waals surface area contributed by atoms with E-state index in [2.05, 4.69) is 34.7 Å². The Morgan fingerprint density at radius 3 is 2.56 bits per heavy atom. The Bertz CT molecular complexity index is 1010. The van der Waals surface area contributed by atoms with E-state index in [4.69, 9.17) is 14.2 Å². The highest BCUT2D eigenvalue weighted by Crippen LogP contribution is 2.38. The monoisotopic (exact) mass is 567 g/mol. The molecule has 0 bridgehead atoms. The van der Waals surface area contributed by atoms with Crippen molar-refractivity contribution < 1.29 is 23.8 Å². The third-order valence-electron chi connectivity index (χ3n) is 4.74. The fraction of sp³-hybridized carbons (Fsp3) is 0.333. The van der Waals surface area contributed by atoms with Gasteiger partial charge in [-0.3, -0.25) is 14.5 Å². The van der Waals surface area contributed by atoms with Gasteiger partial charge in [0.25, 0.3) is 11.1 Å². The van der Waals surface area contributed by atoms with Crippen LogP contribution in [0.1, 0.15) is 30.0 Å². The molecule has 2 aromatic rings. The molecule has 8 heteroatoms. The molecule has 32 heavy (non-hydrogen) atoms. The fourth-order valence-electron chi connectivity index (χ4n) is 3.13. The molecule has 0 atom stereocenters. The molecule has 0 aliphatic carbocycles. The number of hydrogen-bond donors (Lipinski definition) is 0. The Hall–Kier alpha value is -2.04. The number of methoxy groups -OCH3 is 1. The highest BCUT2D eigenvalue weighted by molar-refractivity contribution is 14.1. The quantitative estimate of drug-likeness (QED) is 0.210. The predicted octanol–water partition coefficient (Wildman–Crippen LogP) is 5.65. The average molecular weight is 567 g/mol. The molecule has 0 radical (unpaired) electrons. The molecule has 2 aromatic carbocycles. The zero-order valence-electron chi connectivity index (χ0n) is 18.4. The minimum absolute atomic E-state index is 0.255. The summed E-state index contributed by atoms with van der Waals surface area (Å²) >= 11 is 3.16. The molecule has 1 saturated heterocycles. The van der Waals surface area contributed by atoms with Gasteiger partial charge in [0.15, 0.2) is 11.5 Å². The number of benzene rings is 2. The summed E-state index contributed by atoms with van der Waals surface area (Å²) in [6, 6.07) is 12.0. The summed E-state index contributed by atoms with van der Waals surface area (Å²) in [5.41, 5.74) is 3.05. The van der Waals surface area contributed by atoms with Crippen molar-refractivity contribution in [2.24, 2.45) is 0 Å². The number of carbonyl (C=O) groups excluding carboxylic acids is 2. The van der Waals surface area contributed by atoms with Crippen LogP contribution in [0, 0.1) is 10.5 Å². The summed E-state index contributed by atoms with van der Waals surface area (Å²) in [5.74, 6) is 0.999. The van der Waals surface area contributed by atoms with Crippen molar-refractivity contribution in [1.82, 2.24) is 4.90 Å². The van der Waals surface area contributed by atoms with E-state index in [1.165, 1.54) is 10.5 Å². The molecule has 1 aliphatic rings. The van der Waals surface area contributed by atoms with Gasteiger partial charge in [0.1, 0.15) is 6.61 Å². The molecular weight excluding hydrogens is 541 g/mol. The van der Waals surface area contributed by atoms with Gasteiger partial charge in [-0.1, -0.05) is 29.8 Å². The van der Waals surface area contributed by atoms with Crippen LogP contribution in [-0.2, 0) is 16.1 Å². The maximum absolute atomic E-state index is 12.7. The number of thioether (sulfide) groups is 1. The Kier molecular flexibility index (Phi) is 9.01. The van der Waals surface area contributed by atoms with Crippen LogP contribution in [0.25, 0.3) is 6.08 Å². The van der Waals surface area contributed by atoms with E-state index in [-0.39, 0.29) is 11.1 Å². The van der Waals surface area contributed by atoms with Crippen LogP contribution in [0.5, 0.6) is 11.5 Å². The SMILES string of the molecule is CCOc1cc(/C=C2/SC(=O)N(CCCOC)C2=O)cc(I)c1OCc1ccc(C)cc1. The van der Waals surface area contributed by atoms with Crippen molar-refractivity contribution in [3.63, 3.8) is 0 Å². The van der Waals surface area contributed by atoms with Gasteiger partial charge in [0.05, 0.1) is 15.1 Å². The van der Waals surface area contributed by atoms with E-state index in [9.17, 15) is 9.59 Å². The number of nitrogens with zero attached hydrogens (tertiary/aromatic N) is 1. The number of hydrogen-bond acceptors (Lipinski definition) is 6. The first kappa shape index (κ1) is 24.6. The fourth-order valence-corrected chi connectivity index (χ4v) is 4.77. The molecule has 1 fully saturated rings. The Morgan fingerprint density at radius 2 is 1.88 bits per heavy atom. The molecule has 6 nitrogen and oxygen atoms in total. The van der Waals surface area contributed by atoms with Crippen molar-refractivity contribution in [3.05, 3.63) is 61.6 Å². The molecule has 170 valence electrons. The molecule has 0 saturated carbocycles. The number of carbonyl (C=O) groups is 2. The lowest BCUT2D eigenvalue weighted by molar-refractivity contribution is -0.122. The molecule has 0 N–H and O–H groups in total. The summed E-state index contributed by atoms with van der Waals surface area (Å²) in [4.78, 5) is 26.6. The largest absolute Gasteiger partial charge is 0.490 e. The van der Waals surface area contributed by atoms with Crippen molar-refractivity contribution in [3.8, 4) is 11.5 Å². The maximum Gasteiger partial charge on any atom is 0.293 e. The second-order valence-electron chi connectivity index (χ2n) is 7.22. The van der Waals surface area contributed by atoms with E-state index in [1.807, 2.05) is 38.1 Å². The lowest BCUT2D eigenvalue weighted by atomic mass is 10.1. The minimum Gasteiger partial charge on any atom is -0.490 e. The number of amides is 2. The predicted molar refractivity (Wildman–Crippen MR) is 135 cm³/mol. The summed E-state index contributed by atoms with van der Waals surface area (Å²) in [5, 5.41) is -0.255. The lowest BCUT2D eigenvalue weighted by Gasteiger charge is -2.15. The second-order valence-corrected chi connectivity index (χ2v) is 9.37. The maximum atomic E-state index is 12.7. The Balaban J connectivity index is 1.80. The van der Waals surface area contributed by atoms with Crippen LogP contribution in [0.4, 0.5) is 4.79 Å². The molecule has 0 spiro atoms. The summed E-state index contributed by atoms with van der Waals surface area (Å²) < 4.78 is 17.8. The van der Waals surface area contributed by atoms with Crippen LogP contribution in [0.3, 0.4) is 0 Å². The lowest BCUT2D eigenvalue weighted by Crippen LogP contribution is -2.29. The van der Waals surface area contributed by atoms with Gasteiger partial charge in [0.2, 0.25) is 0 Å². The topological polar surface area (TPSA) is 65.1 Å². The van der Waals surface area contributed by atoms with E-state index in [0.717, 1.165) is 26.5 Å². The summed E-state index contributed by atoms with van der Waals surface area (Å²) in [6.45, 7) is 5.72. The molecule has 0 aromatic heterocycles. The number of imide groups is 1. The van der Waals surface area contributed by atoms with Gasteiger partial charge in [0, 0.05) is 20.3 Å². The van der Waals surface area contributed by atoms with Crippen molar-refractivity contribution in [1.29, 1.82) is 0 Å². The van der Waals surface area contributed by atoms with Gasteiger partial charge < -0.3 is 14.2 Å². The summed E-state index contributed by atoms with van der Waals surface area (Å²) in [6.07, 6.45) is 2.34. The first-order valence-electron chi connectivity index (χ1n) is 10.3. The third-order valence-corrected chi connectivity index (χ3v) is 6.45. The van der Waals surface area contributed by atoms with E-state index < -0.39 is 0 Å². The smallest absolute Gasteiger partial charge is 0.293 e. The van der Waals surface area contributed by atoms with Gasteiger partial charge in [-0.2, -0.15) is 0 Å². The van der Waals surface area contributed by atoms with Crippen LogP contribution in [-0.4, -0.2) is 42.9 Å². The third kappa shape index (κ3) is 6.26. The Labute approximate surface area is 206 Å². The highest BCUT2D eigenvalue weighted by atomic mass is 127. The van der Waals surface area contributed by atoms with Crippen molar-refractivity contribution in [2.75, 3.05) is 26.9 Å².